The lowest BCUT2D eigenvalue weighted by Crippen LogP contribution is -2.39. The zero-order chi connectivity index (χ0) is 25.0. The minimum atomic E-state index is -0.837. The number of anilines is 1. The Morgan fingerprint density at radius 1 is 1.03 bits per heavy atom. The quantitative estimate of drug-likeness (QED) is 0.479. The van der Waals surface area contributed by atoms with Crippen molar-refractivity contribution in [2.24, 2.45) is 5.92 Å². The van der Waals surface area contributed by atoms with E-state index in [1.54, 1.807) is 35.2 Å². The van der Waals surface area contributed by atoms with E-state index in [1.165, 1.54) is 0 Å². The molecule has 1 fully saturated rings. The molecule has 1 aliphatic carbocycles. The molecular formula is C29H32N2O5. The van der Waals surface area contributed by atoms with Gasteiger partial charge in [0.25, 0.3) is 5.56 Å². The maximum absolute atomic E-state index is 13.2. The first-order chi connectivity index (χ1) is 17.5. The number of allylic oxidation sites excluding steroid dienone is 1. The minimum Gasteiger partial charge on any atom is -0.462 e. The second-order valence-electron chi connectivity index (χ2n) is 9.89. The summed E-state index contributed by atoms with van der Waals surface area (Å²) in [6.07, 6.45) is 8.67. The van der Waals surface area contributed by atoms with Gasteiger partial charge in [-0.15, -0.1) is 0 Å². The first-order valence-electron chi connectivity index (χ1n) is 12.6. The number of aromatic nitrogens is 1. The summed E-state index contributed by atoms with van der Waals surface area (Å²) in [6.45, 7) is 0.448. The van der Waals surface area contributed by atoms with Crippen LogP contribution in [0.1, 0.15) is 44.1 Å². The second-order valence-corrected chi connectivity index (χ2v) is 9.89. The van der Waals surface area contributed by atoms with Crippen molar-refractivity contribution in [2.75, 3.05) is 12.1 Å². The molecule has 2 N–H and O–H groups in total. The van der Waals surface area contributed by atoms with Crippen molar-refractivity contribution in [1.29, 1.82) is 0 Å². The SMILES string of the molecule is O=C(CC(Cc1ccccc1)C1=COCO1)Nc1cccc2c(=O)n(CC3(O)CCCCC3)ccc12. The number of ether oxygens (including phenoxy) is 2. The summed E-state index contributed by atoms with van der Waals surface area (Å²) in [5.74, 6) is 0.328. The van der Waals surface area contributed by atoms with Gasteiger partial charge in [-0.25, -0.2) is 0 Å². The number of fused-ring (bicyclic) bond motifs is 1. The number of benzene rings is 2. The van der Waals surface area contributed by atoms with Gasteiger partial charge in [0.05, 0.1) is 12.1 Å². The number of aliphatic hydroxyl groups is 1. The van der Waals surface area contributed by atoms with Crippen LogP contribution in [-0.2, 0) is 27.2 Å². The standard InChI is InChI=1S/C29H32N2O5/c32-27(17-22(26-18-35-20-36-26)16-21-8-3-1-4-9-21)30-25-11-7-10-24-23(25)12-15-31(28(24)33)19-29(34)13-5-2-6-14-29/h1,3-4,7-12,15,18,22,34H,2,5-6,13-14,16-17,19-20H2,(H,30,32). The first kappa shape index (κ1) is 24.1. The smallest absolute Gasteiger partial charge is 0.258 e. The van der Waals surface area contributed by atoms with Crippen LogP contribution < -0.4 is 10.9 Å². The Bertz CT molecular complexity index is 1310. The Morgan fingerprint density at radius 3 is 2.58 bits per heavy atom. The summed E-state index contributed by atoms with van der Waals surface area (Å²) >= 11 is 0. The summed E-state index contributed by atoms with van der Waals surface area (Å²) in [7, 11) is 0. The predicted octanol–water partition coefficient (Wildman–Crippen LogP) is 4.73. The second kappa shape index (κ2) is 10.6. The minimum absolute atomic E-state index is 0.160. The largest absolute Gasteiger partial charge is 0.462 e. The molecule has 188 valence electrons. The van der Waals surface area contributed by atoms with Gasteiger partial charge in [0, 0.05) is 35.0 Å². The molecule has 1 aromatic heterocycles. The number of carbonyl (C=O) groups is 1. The number of amides is 1. The van der Waals surface area contributed by atoms with Gasteiger partial charge in [-0.2, -0.15) is 0 Å². The fraction of sp³-hybridized carbons (Fsp3) is 0.379. The Kier molecular flexibility index (Phi) is 7.09. The van der Waals surface area contributed by atoms with Crippen molar-refractivity contribution in [1.82, 2.24) is 4.57 Å². The molecule has 1 unspecified atom stereocenters. The molecule has 1 saturated carbocycles. The molecule has 2 aromatic carbocycles. The molecule has 2 heterocycles. The van der Waals surface area contributed by atoms with E-state index in [1.807, 2.05) is 36.4 Å². The third kappa shape index (κ3) is 5.46. The molecular weight excluding hydrogens is 456 g/mol. The molecule has 7 heteroatoms. The van der Waals surface area contributed by atoms with Crippen molar-refractivity contribution < 1.29 is 19.4 Å². The lowest BCUT2D eigenvalue weighted by molar-refractivity contribution is -0.117. The average molecular weight is 489 g/mol. The fourth-order valence-corrected chi connectivity index (χ4v) is 5.30. The Morgan fingerprint density at radius 2 is 1.83 bits per heavy atom. The molecule has 2 aliphatic rings. The number of rotatable bonds is 8. The molecule has 0 spiro atoms. The van der Waals surface area contributed by atoms with E-state index < -0.39 is 5.60 Å². The van der Waals surface area contributed by atoms with Crippen LogP contribution in [0.2, 0.25) is 0 Å². The maximum atomic E-state index is 13.2. The number of nitrogens with one attached hydrogen (secondary N) is 1. The van der Waals surface area contributed by atoms with Crippen LogP contribution in [0.25, 0.3) is 10.8 Å². The zero-order valence-corrected chi connectivity index (χ0v) is 20.3. The van der Waals surface area contributed by atoms with Gasteiger partial charge in [0.1, 0.15) is 12.0 Å². The molecule has 1 aliphatic heterocycles. The molecule has 0 saturated heterocycles. The first-order valence-corrected chi connectivity index (χ1v) is 12.6. The summed E-state index contributed by atoms with van der Waals surface area (Å²) in [4.78, 5) is 26.4. The molecule has 0 radical (unpaired) electrons. The molecule has 1 atom stereocenters. The summed E-state index contributed by atoms with van der Waals surface area (Å²) in [6, 6.07) is 17.2. The highest BCUT2D eigenvalue weighted by atomic mass is 16.7. The molecule has 3 aromatic rings. The zero-order valence-electron chi connectivity index (χ0n) is 20.3. The van der Waals surface area contributed by atoms with E-state index in [4.69, 9.17) is 9.47 Å². The fourth-order valence-electron chi connectivity index (χ4n) is 5.30. The highest BCUT2D eigenvalue weighted by Gasteiger charge is 2.30. The van der Waals surface area contributed by atoms with Crippen LogP contribution in [-0.4, -0.2) is 28.0 Å². The lowest BCUT2D eigenvalue weighted by atomic mass is 9.85. The lowest BCUT2D eigenvalue weighted by Gasteiger charge is -2.32. The molecule has 7 nitrogen and oxygen atoms in total. The number of pyridine rings is 1. The van der Waals surface area contributed by atoms with E-state index >= 15 is 0 Å². The van der Waals surface area contributed by atoms with Crippen molar-refractivity contribution in [2.45, 2.75) is 57.1 Å². The molecule has 5 rings (SSSR count). The summed E-state index contributed by atoms with van der Waals surface area (Å²) < 4.78 is 12.4. The van der Waals surface area contributed by atoms with Gasteiger partial charge in [-0.1, -0.05) is 55.7 Å². The van der Waals surface area contributed by atoms with E-state index in [9.17, 15) is 14.7 Å². The molecule has 0 bridgehead atoms. The van der Waals surface area contributed by atoms with Gasteiger partial charge >= 0.3 is 0 Å². The Labute approximate surface area is 210 Å². The van der Waals surface area contributed by atoms with E-state index in [0.29, 0.717) is 41.5 Å². The van der Waals surface area contributed by atoms with E-state index in [-0.39, 0.29) is 37.1 Å². The highest BCUT2D eigenvalue weighted by molar-refractivity contribution is 6.01. The van der Waals surface area contributed by atoms with Crippen LogP contribution >= 0.6 is 0 Å². The molecule has 1 amide bonds. The summed E-state index contributed by atoms with van der Waals surface area (Å²) in [5.41, 5.74) is 0.702. The van der Waals surface area contributed by atoms with Gasteiger partial charge < -0.3 is 24.5 Å². The normalized spacial score (nSPS) is 17.6. The van der Waals surface area contributed by atoms with Crippen molar-refractivity contribution in [3.63, 3.8) is 0 Å². The van der Waals surface area contributed by atoms with Crippen LogP contribution in [0.4, 0.5) is 5.69 Å². The number of hydrogen-bond donors (Lipinski definition) is 2. The predicted molar refractivity (Wildman–Crippen MR) is 138 cm³/mol. The highest BCUT2D eigenvalue weighted by Crippen LogP contribution is 2.30. The Balaban J connectivity index is 1.34. The van der Waals surface area contributed by atoms with Gasteiger partial charge in [0.15, 0.2) is 0 Å². The number of hydrogen-bond acceptors (Lipinski definition) is 5. The van der Waals surface area contributed by atoms with Crippen molar-refractivity contribution >= 4 is 22.4 Å². The molecule has 36 heavy (non-hydrogen) atoms. The third-order valence-electron chi connectivity index (χ3n) is 7.19. The van der Waals surface area contributed by atoms with E-state index in [2.05, 4.69) is 5.32 Å². The average Bonchev–Trinajstić information content (AvgIpc) is 3.42. The van der Waals surface area contributed by atoms with Crippen LogP contribution in [0, 0.1) is 5.92 Å². The van der Waals surface area contributed by atoms with Gasteiger partial charge in [-0.3, -0.25) is 9.59 Å². The van der Waals surface area contributed by atoms with Crippen molar-refractivity contribution in [3.8, 4) is 0 Å². The van der Waals surface area contributed by atoms with Gasteiger partial charge in [-0.05, 0) is 43.0 Å². The topological polar surface area (TPSA) is 89.8 Å². The van der Waals surface area contributed by atoms with Crippen LogP contribution in [0.5, 0.6) is 0 Å². The Hall–Kier alpha value is -3.58. The maximum Gasteiger partial charge on any atom is 0.258 e. The number of carbonyl (C=O) groups excluding carboxylic acids is 1. The van der Waals surface area contributed by atoms with Crippen LogP contribution in [0.15, 0.2) is 77.6 Å². The summed E-state index contributed by atoms with van der Waals surface area (Å²) in [5, 5.41) is 15.1. The number of nitrogens with zero attached hydrogens (tertiary/aromatic N) is 1. The van der Waals surface area contributed by atoms with Gasteiger partial charge in [0.2, 0.25) is 12.7 Å². The van der Waals surface area contributed by atoms with E-state index in [0.717, 1.165) is 24.8 Å². The monoisotopic (exact) mass is 488 g/mol. The van der Waals surface area contributed by atoms with Crippen LogP contribution in [0.3, 0.4) is 0 Å². The van der Waals surface area contributed by atoms with Crippen molar-refractivity contribution in [3.05, 3.63) is 88.7 Å². The third-order valence-corrected chi connectivity index (χ3v) is 7.19.